The average molecular weight is 387 g/mol. The average Bonchev–Trinajstić information content (AvgIpc) is 3.10. The SMILES string of the molecule is CC1CCC2CN=C(NCC3CC4C=CC3C4)N2C1.I. The number of hydrogen-bond donors (Lipinski definition) is 1. The van der Waals surface area contributed by atoms with Crippen LogP contribution in [0.5, 0.6) is 0 Å². The third-order valence-corrected chi connectivity index (χ3v) is 5.60. The van der Waals surface area contributed by atoms with Crippen LogP contribution in [0.15, 0.2) is 17.1 Å². The zero-order chi connectivity index (χ0) is 12.8. The summed E-state index contributed by atoms with van der Waals surface area (Å²) in [5.74, 6) is 4.59. The third-order valence-electron chi connectivity index (χ3n) is 5.60. The van der Waals surface area contributed by atoms with E-state index >= 15 is 0 Å². The molecule has 2 aliphatic heterocycles. The van der Waals surface area contributed by atoms with Crippen LogP contribution in [0.2, 0.25) is 0 Å². The van der Waals surface area contributed by atoms with E-state index in [1.807, 2.05) is 0 Å². The molecule has 0 spiro atoms. The van der Waals surface area contributed by atoms with Gasteiger partial charge in [-0.3, -0.25) is 4.99 Å². The Kier molecular flexibility index (Phi) is 4.29. The van der Waals surface area contributed by atoms with Crippen LogP contribution in [0.1, 0.15) is 32.6 Å². The quantitative estimate of drug-likeness (QED) is 0.583. The second-order valence-electron chi connectivity index (χ2n) is 7.07. The zero-order valence-corrected chi connectivity index (χ0v) is 14.6. The number of fused-ring (bicyclic) bond motifs is 3. The van der Waals surface area contributed by atoms with Gasteiger partial charge in [0.1, 0.15) is 0 Å². The molecule has 2 bridgehead atoms. The summed E-state index contributed by atoms with van der Waals surface area (Å²) in [5.41, 5.74) is 0. The Morgan fingerprint density at radius 1 is 1.30 bits per heavy atom. The van der Waals surface area contributed by atoms with Gasteiger partial charge in [0, 0.05) is 13.1 Å². The fraction of sp³-hybridized carbons (Fsp3) is 0.812. The number of allylic oxidation sites excluding steroid dienone is 2. The predicted molar refractivity (Wildman–Crippen MR) is 93.5 cm³/mol. The van der Waals surface area contributed by atoms with Gasteiger partial charge in [-0.15, -0.1) is 24.0 Å². The van der Waals surface area contributed by atoms with Crippen molar-refractivity contribution in [2.45, 2.75) is 38.6 Å². The first-order valence-electron chi connectivity index (χ1n) is 8.03. The maximum absolute atomic E-state index is 4.75. The number of guanidine groups is 1. The van der Waals surface area contributed by atoms with Crippen molar-refractivity contribution in [1.82, 2.24) is 10.2 Å². The maximum atomic E-state index is 4.75. The van der Waals surface area contributed by atoms with Crippen LogP contribution in [-0.2, 0) is 0 Å². The summed E-state index contributed by atoms with van der Waals surface area (Å²) in [5, 5.41) is 3.67. The van der Waals surface area contributed by atoms with Crippen LogP contribution < -0.4 is 5.32 Å². The first-order valence-corrected chi connectivity index (χ1v) is 8.03. The highest BCUT2D eigenvalue weighted by Crippen LogP contribution is 2.43. The molecule has 2 aliphatic carbocycles. The van der Waals surface area contributed by atoms with Crippen molar-refractivity contribution >= 4 is 29.9 Å². The normalized spacial score (nSPS) is 41.4. The Labute approximate surface area is 139 Å². The smallest absolute Gasteiger partial charge is 0.194 e. The minimum Gasteiger partial charge on any atom is -0.356 e. The third kappa shape index (κ3) is 2.60. The minimum absolute atomic E-state index is 0. The molecule has 112 valence electrons. The van der Waals surface area contributed by atoms with Crippen molar-refractivity contribution < 1.29 is 0 Å². The molecule has 2 fully saturated rings. The van der Waals surface area contributed by atoms with Gasteiger partial charge < -0.3 is 10.2 Å². The maximum Gasteiger partial charge on any atom is 0.194 e. The minimum atomic E-state index is 0. The largest absolute Gasteiger partial charge is 0.356 e. The number of rotatable bonds is 2. The van der Waals surface area contributed by atoms with E-state index in [0.29, 0.717) is 6.04 Å². The molecule has 0 radical (unpaired) electrons. The summed E-state index contributed by atoms with van der Waals surface area (Å²) in [4.78, 5) is 7.29. The lowest BCUT2D eigenvalue weighted by molar-refractivity contribution is 0.210. The van der Waals surface area contributed by atoms with Crippen molar-refractivity contribution in [2.24, 2.45) is 28.7 Å². The van der Waals surface area contributed by atoms with Gasteiger partial charge in [0.05, 0.1) is 12.6 Å². The zero-order valence-electron chi connectivity index (χ0n) is 12.3. The number of nitrogens with one attached hydrogen (secondary N) is 1. The van der Waals surface area contributed by atoms with Crippen molar-refractivity contribution in [2.75, 3.05) is 19.6 Å². The number of hydrogen-bond acceptors (Lipinski definition) is 3. The highest BCUT2D eigenvalue weighted by Gasteiger charge is 2.37. The van der Waals surface area contributed by atoms with Crippen molar-refractivity contribution in [3.05, 3.63) is 12.2 Å². The van der Waals surface area contributed by atoms with Crippen LogP contribution in [-0.4, -0.2) is 36.5 Å². The Bertz CT molecular complexity index is 420. The lowest BCUT2D eigenvalue weighted by Crippen LogP contribution is -2.49. The van der Waals surface area contributed by atoms with Crippen LogP contribution in [0.3, 0.4) is 0 Å². The molecule has 3 nitrogen and oxygen atoms in total. The van der Waals surface area contributed by atoms with Gasteiger partial charge in [-0.2, -0.15) is 0 Å². The molecular weight excluding hydrogens is 361 g/mol. The van der Waals surface area contributed by atoms with E-state index in [1.54, 1.807) is 0 Å². The van der Waals surface area contributed by atoms with Gasteiger partial charge in [0.2, 0.25) is 0 Å². The van der Waals surface area contributed by atoms with Crippen molar-refractivity contribution in [3.63, 3.8) is 0 Å². The lowest BCUT2D eigenvalue weighted by atomic mass is 9.93. The van der Waals surface area contributed by atoms with Gasteiger partial charge in [-0.1, -0.05) is 19.1 Å². The van der Waals surface area contributed by atoms with Gasteiger partial charge >= 0.3 is 0 Å². The van der Waals surface area contributed by atoms with Gasteiger partial charge in [0.15, 0.2) is 5.96 Å². The molecule has 4 rings (SSSR count). The topological polar surface area (TPSA) is 27.6 Å². The van der Waals surface area contributed by atoms with Crippen LogP contribution in [0, 0.1) is 23.7 Å². The molecule has 0 amide bonds. The second-order valence-corrected chi connectivity index (χ2v) is 7.07. The highest BCUT2D eigenvalue weighted by atomic mass is 127. The van der Waals surface area contributed by atoms with E-state index in [4.69, 9.17) is 4.99 Å². The van der Waals surface area contributed by atoms with Crippen LogP contribution in [0.25, 0.3) is 0 Å². The Hall–Kier alpha value is -0.260. The van der Waals surface area contributed by atoms with Crippen LogP contribution in [0.4, 0.5) is 0 Å². The Morgan fingerprint density at radius 3 is 2.95 bits per heavy atom. The van der Waals surface area contributed by atoms with E-state index in [1.165, 1.54) is 38.2 Å². The van der Waals surface area contributed by atoms with Crippen molar-refractivity contribution in [1.29, 1.82) is 0 Å². The van der Waals surface area contributed by atoms with Gasteiger partial charge in [-0.05, 0) is 49.4 Å². The number of piperidine rings is 1. The van der Waals surface area contributed by atoms with E-state index in [0.717, 1.165) is 36.8 Å². The van der Waals surface area contributed by atoms with E-state index in [2.05, 4.69) is 29.3 Å². The molecule has 4 heteroatoms. The predicted octanol–water partition coefficient (Wildman–Crippen LogP) is 2.88. The molecule has 5 unspecified atom stereocenters. The van der Waals surface area contributed by atoms with Gasteiger partial charge in [0.25, 0.3) is 0 Å². The molecule has 2 heterocycles. The molecule has 0 aromatic carbocycles. The van der Waals surface area contributed by atoms with E-state index < -0.39 is 0 Å². The molecule has 1 N–H and O–H groups in total. The first kappa shape index (κ1) is 14.7. The highest BCUT2D eigenvalue weighted by molar-refractivity contribution is 14.0. The Balaban J connectivity index is 0.00000121. The first-order chi connectivity index (χ1) is 9.29. The fourth-order valence-electron chi connectivity index (χ4n) is 4.45. The molecule has 0 aromatic rings. The Morgan fingerprint density at radius 2 is 2.20 bits per heavy atom. The summed E-state index contributed by atoms with van der Waals surface area (Å²) in [6.45, 7) is 5.72. The molecule has 5 atom stereocenters. The molecule has 0 aromatic heterocycles. The summed E-state index contributed by atoms with van der Waals surface area (Å²) in [6.07, 6.45) is 10.4. The standard InChI is InChI=1S/C16H25N3.HI/c1-11-2-5-15-9-18-16(19(15)10-11)17-8-14-7-12-3-4-13(14)6-12;/h3-4,11-15H,2,5-10H2,1H3,(H,17,18);1H. The summed E-state index contributed by atoms with van der Waals surface area (Å²) in [6, 6.07) is 0.693. The summed E-state index contributed by atoms with van der Waals surface area (Å²) in [7, 11) is 0. The lowest BCUT2D eigenvalue weighted by Gasteiger charge is -2.36. The fourth-order valence-corrected chi connectivity index (χ4v) is 4.45. The molecule has 1 saturated heterocycles. The molecule has 1 saturated carbocycles. The van der Waals surface area contributed by atoms with E-state index in [-0.39, 0.29) is 24.0 Å². The number of halogens is 1. The number of aliphatic imine (C=N–C) groups is 1. The summed E-state index contributed by atoms with van der Waals surface area (Å²) >= 11 is 0. The van der Waals surface area contributed by atoms with Crippen molar-refractivity contribution in [3.8, 4) is 0 Å². The molecule has 4 aliphatic rings. The number of nitrogens with zero attached hydrogens (tertiary/aromatic N) is 2. The summed E-state index contributed by atoms with van der Waals surface area (Å²) < 4.78 is 0. The second kappa shape index (κ2) is 5.85. The molecule has 20 heavy (non-hydrogen) atoms. The van der Waals surface area contributed by atoms with Gasteiger partial charge in [-0.25, -0.2) is 0 Å². The monoisotopic (exact) mass is 387 g/mol. The molecular formula is C16H26IN3. The van der Waals surface area contributed by atoms with E-state index in [9.17, 15) is 0 Å². The van der Waals surface area contributed by atoms with Crippen LogP contribution >= 0.6 is 24.0 Å².